The van der Waals surface area contributed by atoms with Crippen LogP contribution >= 0.6 is 0 Å². The van der Waals surface area contributed by atoms with Crippen molar-refractivity contribution in [2.24, 2.45) is 5.92 Å². The Bertz CT molecular complexity index is 655. The average Bonchev–Trinajstić information content (AvgIpc) is 2.91. The zero-order chi connectivity index (χ0) is 17.4. The van der Waals surface area contributed by atoms with Crippen molar-refractivity contribution in [2.75, 3.05) is 18.1 Å². The van der Waals surface area contributed by atoms with Gasteiger partial charge in [-0.1, -0.05) is 30.3 Å². The van der Waals surface area contributed by atoms with Gasteiger partial charge in [0.25, 0.3) is 0 Å². The summed E-state index contributed by atoms with van der Waals surface area (Å²) in [5.41, 5.74) is 0.685. The SMILES string of the molecule is O=C(CCCC(=O)c1ccccc1)NCCCC1CCS(=O)(=O)C1. The van der Waals surface area contributed by atoms with Crippen LogP contribution < -0.4 is 5.32 Å². The van der Waals surface area contributed by atoms with E-state index in [0.717, 1.165) is 19.3 Å². The first-order chi connectivity index (χ1) is 11.5. The Balaban J connectivity index is 1.53. The number of carbonyl (C=O) groups excluding carboxylic acids is 2. The minimum atomic E-state index is -2.81. The number of Topliss-reactive ketones (excluding diaryl/α,β-unsaturated/α-hetero) is 1. The summed E-state index contributed by atoms with van der Waals surface area (Å²) in [5.74, 6) is 0.860. The third-order valence-electron chi connectivity index (χ3n) is 4.34. The highest BCUT2D eigenvalue weighted by molar-refractivity contribution is 7.91. The molecule has 2 rings (SSSR count). The van der Waals surface area contributed by atoms with E-state index < -0.39 is 9.84 Å². The van der Waals surface area contributed by atoms with Crippen LogP contribution in [0.4, 0.5) is 0 Å². The quantitative estimate of drug-likeness (QED) is 0.547. The second kappa shape index (κ2) is 8.97. The summed E-state index contributed by atoms with van der Waals surface area (Å²) in [6, 6.07) is 9.09. The van der Waals surface area contributed by atoms with E-state index in [-0.39, 0.29) is 17.6 Å². The fourth-order valence-electron chi connectivity index (χ4n) is 2.98. The molecule has 1 amide bonds. The lowest BCUT2D eigenvalue weighted by molar-refractivity contribution is -0.121. The summed E-state index contributed by atoms with van der Waals surface area (Å²) in [6.45, 7) is 0.571. The first-order valence-corrected chi connectivity index (χ1v) is 10.3. The number of benzene rings is 1. The third kappa shape index (κ3) is 6.43. The Morgan fingerprint density at radius 2 is 1.83 bits per heavy atom. The Labute approximate surface area is 143 Å². The predicted molar refractivity (Wildman–Crippen MR) is 93.6 cm³/mol. The number of nitrogens with one attached hydrogen (secondary N) is 1. The molecule has 6 heteroatoms. The first kappa shape index (κ1) is 18.6. The van der Waals surface area contributed by atoms with Crippen LogP contribution in [0, 0.1) is 5.92 Å². The predicted octanol–water partition coefficient (Wildman–Crippen LogP) is 2.37. The van der Waals surface area contributed by atoms with Crippen LogP contribution in [-0.2, 0) is 14.6 Å². The van der Waals surface area contributed by atoms with Gasteiger partial charge in [-0.2, -0.15) is 0 Å². The van der Waals surface area contributed by atoms with Gasteiger partial charge in [0.1, 0.15) is 0 Å². The molecule has 1 N–H and O–H groups in total. The molecule has 1 heterocycles. The molecule has 1 fully saturated rings. The van der Waals surface area contributed by atoms with E-state index in [2.05, 4.69) is 5.32 Å². The maximum atomic E-state index is 11.9. The molecule has 0 spiro atoms. The second-order valence-corrected chi connectivity index (χ2v) is 8.63. The molecule has 1 unspecified atom stereocenters. The molecule has 1 aromatic carbocycles. The van der Waals surface area contributed by atoms with Crippen LogP contribution in [0.25, 0.3) is 0 Å². The van der Waals surface area contributed by atoms with Gasteiger partial charge in [0, 0.05) is 24.9 Å². The van der Waals surface area contributed by atoms with Gasteiger partial charge in [-0.05, 0) is 31.6 Å². The summed E-state index contributed by atoms with van der Waals surface area (Å²) in [5, 5.41) is 2.84. The smallest absolute Gasteiger partial charge is 0.220 e. The van der Waals surface area contributed by atoms with E-state index in [1.165, 1.54) is 0 Å². The first-order valence-electron chi connectivity index (χ1n) is 8.52. The van der Waals surface area contributed by atoms with Crippen molar-refractivity contribution < 1.29 is 18.0 Å². The van der Waals surface area contributed by atoms with Gasteiger partial charge in [-0.15, -0.1) is 0 Å². The van der Waals surface area contributed by atoms with E-state index in [1.807, 2.05) is 18.2 Å². The molecule has 1 aromatic rings. The lowest BCUT2D eigenvalue weighted by atomic mass is 10.0. The van der Waals surface area contributed by atoms with Gasteiger partial charge in [0.15, 0.2) is 15.6 Å². The summed E-state index contributed by atoms with van der Waals surface area (Å²) in [4.78, 5) is 23.6. The third-order valence-corrected chi connectivity index (χ3v) is 6.18. The van der Waals surface area contributed by atoms with E-state index >= 15 is 0 Å². The molecular weight excluding hydrogens is 326 g/mol. The maximum absolute atomic E-state index is 11.9. The van der Waals surface area contributed by atoms with Gasteiger partial charge in [0.05, 0.1) is 11.5 Å². The number of sulfone groups is 1. The highest BCUT2D eigenvalue weighted by Crippen LogP contribution is 2.22. The highest BCUT2D eigenvalue weighted by atomic mass is 32.2. The summed E-state index contributed by atoms with van der Waals surface area (Å²) >= 11 is 0. The standard InChI is InChI=1S/C18H25NO4S/c20-17(16-7-2-1-3-8-16)9-4-10-18(21)19-12-5-6-15-11-13-24(22,23)14-15/h1-3,7-8,15H,4-6,9-14H2,(H,19,21). The van der Waals surface area contributed by atoms with Gasteiger partial charge in [0.2, 0.25) is 5.91 Å². The Hall–Kier alpha value is -1.69. The molecule has 24 heavy (non-hydrogen) atoms. The van der Waals surface area contributed by atoms with Crippen LogP contribution in [0.5, 0.6) is 0 Å². The topological polar surface area (TPSA) is 80.3 Å². The molecular formula is C18H25NO4S. The number of amides is 1. The molecule has 0 bridgehead atoms. The van der Waals surface area contributed by atoms with Crippen molar-refractivity contribution in [3.8, 4) is 0 Å². The Kier molecular flexibility index (Phi) is 6.97. The lowest BCUT2D eigenvalue weighted by Gasteiger charge is -2.08. The number of ketones is 1. The monoisotopic (exact) mass is 351 g/mol. The zero-order valence-electron chi connectivity index (χ0n) is 13.9. The molecule has 1 aliphatic heterocycles. The van der Waals surface area contributed by atoms with E-state index in [1.54, 1.807) is 12.1 Å². The molecule has 1 atom stereocenters. The minimum absolute atomic E-state index is 0.0464. The average molecular weight is 351 g/mol. The minimum Gasteiger partial charge on any atom is -0.356 e. The number of hydrogen-bond acceptors (Lipinski definition) is 4. The van der Waals surface area contributed by atoms with E-state index in [9.17, 15) is 18.0 Å². The fourth-order valence-corrected chi connectivity index (χ4v) is 4.90. The number of carbonyl (C=O) groups is 2. The van der Waals surface area contributed by atoms with Crippen LogP contribution in [0.3, 0.4) is 0 Å². The number of rotatable bonds is 9. The van der Waals surface area contributed by atoms with Crippen LogP contribution in [-0.4, -0.2) is 38.2 Å². The van der Waals surface area contributed by atoms with Gasteiger partial charge < -0.3 is 5.32 Å². The van der Waals surface area contributed by atoms with E-state index in [0.29, 0.717) is 42.9 Å². The van der Waals surface area contributed by atoms with Crippen molar-refractivity contribution in [1.82, 2.24) is 5.32 Å². The van der Waals surface area contributed by atoms with Crippen molar-refractivity contribution in [2.45, 2.75) is 38.5 Å². The summed E-state index contributed by atoms with van der Waals surface area (Å²) in [6.07, 6.45) is 3.65. The number of hydrogen-bond donors (Lipinski definition) is 1. The van der Waals surface area contributed by atoms with Gasteiger partial charge in [-0.3, -0.25) is 9.59 Å². The van der Waals surface area contributed by atoms with Gasteiger partial charge in [-0.25, -0.2) is 8.42 Å². The summed E-state index contributed by atoms with van der Waals surface area (Å²) < 4.78 is 22.7. The van der Waals surface area contributed by atoms with Crippen LogP contribution in [0.15, 0.2) is 30.3 Å². The second-order valence-electron chi connectivity index (χ2n) is 6.40. The molecule has 1 saturated heterocycles. The van der Waals surface area contributed by atoms with Crippen molar-refractivity contribution in [3.63, 3.8) is 0 Å². The molecule has 0 radical (unpaired) electrons. The van der Waals surface area contributed by atoms with Crippen LogP contribution in [0.1, 0.15) is 48.9 Å². The normalized spacial score (nSPS) is 19.1. The Morgan fingerprint density at radius 3 is 2.50 bits per heavy atom. The van der Waals surface area contributed by atoms with Crippen molar-refractivity contribution in [3.05, 3.63) is 35.9 Å². The lowest BCUT2D eigenvalue weighted by Crippen LogP contribution is -2.24. The zero-order valence-corrected chi connectivity index (χ0v) is 14.7. The van der Waals surface area contributed by atoms with Crippen molar-refractivity contribution in [1.29, 1.82) is 0 Å². The van der Waals surface area contributed by atoms with Crippen molar-refractivity contribution >= 4 is 21.5 Å². The maximum Gasteiger partial charge on any atom is 0.220 e. The largest absolute Gasteiger partial charge is 0.356 e. The molecule has 0 aliphatic carbocycles. The molecule has 0 saturated carbocycles. The highest BCUT2D eigenvalue weighted by Gasteiger charge is 2.27. The van der Waals surface area contributed by atoms with Crippen LogP contribution in [0.2, 0.25) is 0 Å². The van der Waals surface area contributed by atoms with Gasteiger partial charge >= 0.3 is 0 Å². The Morgan fingerprint density at radius 1 is 1.08 bits per heavy atom. The molecule has 5 nitrogen and oxygen atoms in total. The molecule has 1 aliphatic rings. The fraction of sp³-hybridized carbons (Fsp3) is 0.556. The molecule has 132 valence electrons. The summed E-state index contributed by atoms with van der Waals surface area (Å²) in [7, 11) is -2.81. The van der Waals surface area contributed by atoms with E-state index in [4.69, 9.17) is 0 Å². The molecule has 0 aromatic heterocycles.